The molecule has 1 aliphatic heterocycles. The number of hydrogen-bond acceptors (Lipinski definition) is 8. The first-order valence-electron chi connectivity index (χ1n) is 10.1. The zero-order chi connectivity index (χ0) is 22.9. The lowest BCUT2D eigenvalue weighted by Crippen LogP contribution is -2.59. The summed E-state index contributed by atoms with van der Waals surface area (Å²) in [6, 6.07) is 4.84. The van der Waals surface area contributed by atoms with Crippen LogP contribution in [-0.2, 0) is 11.8 Å². The van der Waals surface area contributed by atoms with Gasteiger partial charge in [-0.05, 0) is 32.0 Å². The van der Waals surface area contributed by atoms with Crippen molar-refractivity contribution in [2.45, 2.75) is 18.4 Å². The van der Waals surface area contributed by atoms with Crippen LogP contribution in [-0.4, -0.2) is 57.4 Å². The Bertz CT molecular complexity index is 1150. The predicted molar refractivity (Wildman–Crippen MR) is 123 cm³/mol. The van der Waals surface area contributed by atoms with Crippen LogP contribution >= 0.6 is 11.3 Å². The molecule has 0 aliphatic carbocycles. The standard InChI is InChI=1S/C21H25N7O3S/c1-23-21(20(22)31)5-7-28(8-6-21)17-4-3-14(29)9-15(17)25-18(30)16-12-32-19(26-16)13-10-24-27(2)11-13/h3-4,9-12,23,29H,5-8H2,1-2H3,(H2,22,31)(H,25,30). The third-order valence-electron chi connectivity index (χ3n) is 5.82. The maximum absolute atomic E-state index is 12.9. The molecule has 1 aromatic carbocycles. The van der Waals surface area contributed by atoms with Gasteiger partial charge in [0.05, 0.1) is 17.6 Å². The number of carbonyl (C=O) groups is 2. The molecular formula is C21H25N7O3S. The molecule has 0 unspecified atom stereocenters. The Morgan fingerprint density at radius 1 is 1.28 bits per heavy atom. The number of piperidine rings is 1. The number of nitrogens with one attached hydrogen (secondary N) is 2. The van der Waals surface area contributed by atoms with Crippen molar-refractivity contribution in [1.29, 1.82) is 0 Å². The number of phenolic OH excluding ortho intramolecular Hbond substituents is 1. The Morgan fingerprint density at radius 2 is 2.03 bits per heavy atom. The van der Waals surface area contributed by atoms with Crippen molar-refractivity contribution in [3.05, 3.63) is 41.7 Å². The van der Waals surface area contributed by atoms with Crippen molar-refractivity contribution in [1.82, 2.24) is 20.1 Å². The molecule has 0 spiro atoms. The van der Waals surface area contributed by atoms with Crippen LogP contribution in [0.2, 0.25) is 0 Å². The number of amides is 2. The normalized spacial score (nSPS) is 15.5. The van der Waals surface area contributed by atoms with Crippen molar-refractivity contribution in [2.24, 2.45) is 12.8 Å². The quantitative estimate of drug-likeness (QED) is 0.442. The van der Waals surface area contributed by atoms with Gasteiger partial charge in [0.25, 0.3) is 5.91 Å². The van der Waals surface area contributed by atoms with Crippen molar-refractivity contribution >= 4 is 34.5 Å². The zero-order valence-electron chi connectivity index (χ0n) is 17.8. The van der Waals surface area contributed by atoms with E-state index in [1.807, 2.05) is 13.2 Å². The van der Waals surface area contributed by atoms with Crippen LogP contribution in [0.15, 0.2) is 36.0 Å². The molecule has 2 amide bonds. The molecule has 3 heterocycles. The number of aryl methyl sites for hydroxylation is 1. The highest BCUT2D eigenvalue weighted by Gasteiger charge is 2.38. The van der Waals surface area contributed by atoms with Crippen molar-refractivity contribution < 1.29 is 14.7 Å². The summed E-state index contributed by atoms with van der Waals surface area (Å²) in [5, 5.41) is 22.5. The lowest BCUT2D eigenvalue weighted by atomic mass is 9.86. The minimum Gasteiger partial charge on any atom is -0.508 e. The predicted octanol–water partition coefficient (Wildman–Crippen LogP) is 1.55. The number of nitrogens with zero attached hydrogens (tertiary/aromatic N) is 4. The SMILES string of the molecule is CNC1(C(N)=O)CCN(c2ccc(O)cc2NC(=O)c2csc(-c3cnn(C)c3)n2)CC1. The van der Waals surface area contributed by atoms with Crippen LogP contribution in [0.25, 0.3) is 10.6 Å². The number of nitrogens with two attached hydrogens (primary N) is 1. The number of thiazole rings is 1. The number of rotatable bonds is 6. The smallest absolute Gasteiger partial charge is 0.275 e. The monoisotopic (exact) mass is 455 g/mol. The average Bonchev–Trinajstić information content (AvgIpc) is 3.43. The van der Waals surface area contributed by atoms with Gasteiger partial charge in [-0.25, -0.2) is 4.98 Å². The van der Waals surface area contributed by atoms with Crippen molar-refractivity contribution in [3.63, 3.8) is 0 Å². The van der Waals surface area contributed by atoms with Crippen molar-refractivity contribution in [2.75, 3.05) is 30.4 Å². The van der Waals surface area contributed by atoms with Crippen LogP contribution in [0, 0.1) is 0 Å². The molecule has 10 nitrogen and oxygen atoms in total. The van der Waals surface area contributed by atoms with Gasteiger partial charge in [0, 0.05) is 43.3 Å². The number of carbonyl (C=O) groups excluding carboxylic acids is 2. The van der Waals surface area contributed by atoms with E-state index in [-0.39, 0.29) is 23.3 Å². The van der Waals surface area contributed by atoms with Gasteiger partial charge < -0.3 is 26.4 Å². The van der Waals surface area contributed by atoms with E-state index in [0.717, 1.165) is 11.3 Å². The fourth-order valence-electron chi connectivity index (χ4n) is 3.88. The highest BCUT2D eigenvalue weighted by molar-refractivity contribution is 7.13. The summed E-state index contributed by atoms with van der Waals surface area (Å²) in [6.45, 7) is 1.14. The molecule has 32 heavy (non-hydrogen) atoms. The molecule has 0 radical (unpaired) electrons. The third kappa shape index (κ3) is 4.16. The lowest BCUT2D eigenvalue weighted by molar-refractivity contribution is -0.125. The molecule has 168 valence electrons. The van der Waals surface area contributed by atoms with Gasteiger partial charge in [-0.15, -0.1) is 11.3 Å². The van der Waals surface area contributed by atoms with Gasteiger partial charge in [-0.3, -0.25) is 14.3 Å². The van der Waals surface area contributed by atoms with Crippen LogP contribution < -0.4 is 21.3 Å². The van der Waals surface area contributed by atoms with Gasteiger partial charge in [0.2, 0.25) is 5.91 Å². The minimum atomic E-state index is -0.736. The Morgan fingerprint density at radius 3 is 2.66 bits per heavy atom. The molecule has 4 rings (SSSR count). The van der Waals surface area contributed by atoms with E-state index in [4.69, 9.17) is 5.73 Å². The summed E-state index contributed by atoms with van der Waals surface area (Å²) in [5.41, 5.74) is 7.22. The Hall–Kier alpha value is -3.44. The summed E-state index contributed by atoms with van der Waals surface area (Å²) < 4.78 is 1.68. The van der Waals surface area contributed by atoms with Crippen LogP contribution in [0.1, 0.15) is 23.3 Å². The molecule has 1 saturated heterocycles. The molecule has 0 saturated carbocycles. The molecule has 5 N–H and O–H groups in total. The first kappa shape index (κ1) is 21.8. The molecule has 0 atom stereocenters. The van der Waals surface area contributed by atoms with E-state index in [9.17, 15) is 14.7 Å². The fraction of sp³-hybridized carbons (Fsp3) is 0.333. The lowest BCUT2D eigenvalue weighted by Gasteiger charge is -2.41. The third-order valence-corrected chi connectivity index (χ3v) is 6.72. The minimum absolute atomic E-state index is 0.0390. The van der Waals surface area contributed by atoms with E-state index >= 15 is 0 Å². The number of phenols is 1. The Kier molecular flexibility index (Phi) is 5.85. The molecule has 2 aromatic heterocycles. The number of anilines is 2. The van der Waals surface area contributed by atoms with E-state index in [1.54, 1.807) is 35.4 Å². The second kappa shape index (κ2) is 8.60. The maximum atomic E-state index is 12.9. The second-order valence-electron chi connectivity index (χ2n) is 7.78. The van der Waals surface area contributed by atoms with Gasteiger partial charge >= 0.3 is 0 Å². The Balaban J connectivity index is 1.52. The van der Waals surface area contributed by atoms with E-state index in [2.05, 4.69) is 25.6 Å². The first-order valence-corrected chi connectivity index (χ1v) is 11.0. The number of aromatic hydroxyl groups is 1. The summed E-state index contributed by atoms with van der Waals surface area (Å²) in [5.74, 6) is -0.703. The van der Waals surface area contributed by atoms with E-state index < -0.39 is 5.54 Å². The Labute approximate surface area is 189 Å². The van der Waals surface area contributed by atoms with Crippen LogP contribution in [0.3, 0.4) is 0 Å². The summed E-state index contributed by atoms with van der Waals surface area (Å²) in [7, 11) is 3.55. The molecule has 3 aromatic rings. The maximum Gasteiger partial charge on any atom is 0.275 e. The number of primary amides is 1. The van der Waals surface area contributed by atoms with Gasteiger partial charge in [-0.1, -0.05) is 0 Å². The second-order valence-corrected chi connectivity index (χ2v) is 8.64. The van der Waals surface area contributed by atoms with Gasteiger partial charge in [0.15, 0.2) is 0 Å². The van der Waals surface area contributed by atoms with Gasteiger partial charge in [-0.2, -0.15) is 5.10 Å². The molecule has 11 heteroatoms. The zero-order valence-corrected chi connectivity index (χ0v) is 18.6. The number of aromatic nitrogens is 3. The number of hydrogen-bond donors (Lipinski definition) is 4. The molecule has 1 fully saturated rings. The van der Waals surface area contributed by atoms with Gasteiger partial charge in [0.1, 0.15) is 22.0 Å². The summed E-state index contributed by atoms with van der Waals surface area (Å²) in [4.78, 5) is 31.3. The topological polar surface area (TPSA) is 138 Å². The highest BCUT2D eigenvalue weighted by Crippen LogP contribution is 2.34. The largest absolute Gasteiger partial charge is 0.508 e. The van der Waals surface area contributed by atoms with E-state index in [1.165, 1.54) is 17.4 Å². The van der Waals surface area contributed by atoms with E-state index in [0.29, 0.717) is 36.6 Å². The summed E-state index contributed by atoms with van der Waals surface area (Å²) in [6.07, 6.45) is 4.60. The number of likely N-dealkylation sites (N-methyl/N-ethyl adjacent to an activating group) is 1. The summed E-state index contributed by atoms with van der Waals surface area (Å²) >= 11 is 1.36. The molecule has 1 aliphatic rings. The van der Waals surface area contributed by atoms with Crippen molar-refractivity contribution in [3.8, 4) is 16.3 Å². The fourth-order valence-corrected chi connectivity index (χ4v) is 4.65. The van der Waals surface area contributed by atoms with Crippen LogP contribution in [0.4, 0.5) is 11.4 Å². The molecular weight excluding hydrogens is 430 g/mol. The van der Waals surface area contributed by atoms with Crippen LogP contribution in [0.5, 0.6) is 5.75 Å². The number of benzene rings is 1. The average molecular weight is 456 g/mol. The highest BCUT2D eigenvalue weighted by atomic mass is 32.1. The first-order chi connectivity index (χ1) is 15.3. The molecule has 0 bridgehead atoms.